The molecule has 1 N–H and O–H groups in total. The Bertz CT molecular complexity index is 543. The third-order valence-electron chi connectivity index (χ3n) is 3.56. The number of aliphatic carboxylic acids is 1. The Morgan fingerprint density at radius 3 is 2.48 bits per heavy atom. The Morgan fingerprint density at radius 1 is 1.24 bits per heavy atom. The Hall–Kier alpha value is -1.66. The maximum atomic E-state index is 12.4. The van der Waals surface area contributed by atoms with Crippen LogP contribution in [0.25, 0.3) is 6.08 Å². The first-order chi connectivity index (χ1) is 9.97. The number of nitrogens with zero attached hydrogens (tertiary/aromatic N) is 2. The van der Waals surface area contributed by atoms with E-state index in [1.54, 1.807) is 12.1 Å². The van der Waals surface area contributed by atoms with Gasteiger partial charge in [-0.3, -0.25) is 9.69 Å². The molecule has 1 amide bonds. The molecule has 1 aliphatic rings. The van der Waals surface area contributed by atoms with Gasteiger partial charge in [0.1, 0.15) is 0 Å². The molecule has 0 saturated carbocycles. The van der Waals surface area contributed by atoms with Crippen LogP contribution < -0.4 is 0 Å². The zero-order chi connectivity index (χ0) is 15.4. The predicted octanol–water partition coefficient (Wildman–Crippen LogP) is 2.01. The van der Waals surface area contributed by atoms with Gasteiger partial charge in [0.15, 0.2) is 0 Å². The van der Waals surface area contributed by atoms with Gasteiger partial charge in [0.2, 0.25) is 0 Å². The highest BCUT2D eigenvalue weighted by molar-refractivity contribution is 7.14. The highest BCUT2D eigenvalue weighted by atomic mass is 32.1. The van der Waals surface area contributed by atoms with Gasteiger partial charge in [-0.15, -0.1) is 11.3 Å². The first-order valence-corrected chi connectivity index (χ1v) is 7.83. The summed E-state index contributed by atoms with van der Waals surface area (Å²) in [6, 6.07) is 4.06. The molecule has 0 atom stereocenters. The van der Waals surface area contributed by atoms with Gasteiger partial charge >= 0.3 is 5.97 Å². The van der Waals surface area contributed by atoms with Crippen LogP contribution in [0.2, 0.25) is 0 Å². The summed E-state index contributed by atoms with van der Waals surface area (Å²) in [7, 11) is 0. The van der Waals surface area contributed by atoms with E-state index in [2.05, 4.69) is 18.7 Å². The molecule has 0 aromatic carbocycles. The van der Waals surface area contributed by atoms with E-state index in [1.807, 2.05) is 4.90 Å². The molecule has 1 aliphatic heterocycles. The van der Waals surface area contributed by atoms with E-state index in [4.69, 9.17) is 5.11 Å². The molecule has 0 aliphatic carbocycles. The number of carbonyl (C=O) groups is 2. The third-order valence-corrected chi connectivity index (χ3v) is 4.60. The minimum absolute atomic E-state index is 0.0402. The third kappa shape index (κ3) is 4.15. The van der Waals surface area contributed by atoms with E-state index in [-0.39, 0.29) is 5.91 Å². The van der Waals surface area contributed by atoms with E-state index >= 15 is 0 Å². The summed E-state index contributed by atoms with van der Waals surface area (Å²) >= 11 is 1.33. The monoisotopic (exact) mass is 308 g/mol. The van der Waals surface area contributed by atoms with Crippen molar-refractivity contribution in [2.24, 2.45) is 0 Å². The number of hydrogen-bond donors (Lipinski definition) is 1. The van der Waals surface area contributed by atoms with Crippen LogP contribution in [0.5, 0.6) is 0 Å². The van der Waals surface area contributed by atoms with Crippen LogP contribution in [0.4, 0.5) is 0 Å². The second-order valence-corrected chi connectivity index (χ2v) is 6.41. The average Bonchev–Trinajstić information content (AvgIpc) is 2.93. The van der Waals surface area contributed by atoms with Gasteiger partial charge in [0.25, 0.3) is 5.91 Å². The quantitative estimate of drug-likeness (QED) is 0.864. The molecule has 1 fully saturated rings. The van der Waals surface area contributed by atoms with Crippen molar-refractivity contribution in [1.82, 2.24) is 9.80 Å². The molecule has 2 rings (SSSR count). The fourth-order valence-electron chi connectivity index (χ4n) is 2.31. The fourth-order valence-corrected chi connectivity index (χ4v) is 3.19. The number of carboxylic acid groups (broad SMARTS) is 1. The number of piperazine rings is 1. The summed E-state index contributed by atoms with van der Waals surface area (Å²) in [5.74, 6) is -0.945. The van der Waals surface area contributed by atoms with Crippen molar-refractivity contribution >= 4 is 29.3 Å². The number of carbonyl (C=O) groups excluding carboxylic acids is 1. The Kier molecular flexibility index (Phi) is 5.14. The molecular weight excluding hydrogens is 288 g/mol. The van der Waals surface area contributed by atoms with Gasteiger partial charge in [0.05, 0.1) is 4.88 Å². The first-order valence-electron chi connectivity index (χ1n) is 7.01. The second kappa shape index (κ2) is 6.87. The lowest BCUT2D eigenvalue weighted by molar-refractivity contribution is -0.131. The average molecular weight is 308 g/mol. The van der Waals surface area contributed by atoms with Crippen molar-refractivity contribution in [3.8, 4) is 0 Å². The summed E-state index contributed by atoms with van der Waals surface area (Å²) in [6.45, 7) is 7.63. The van der Waals surface area contributed by atoms with Crippen molar-refractivity contribution in [2.75, 3.05) is 26.2 Å². The molecule has 21 heavy (non-hydrogen) atoms. The van der Waals surface area contributed by atoms with Crippen molar-refractivity contribution in [2.45, 2.75) is 19.9 Å². The fraction of sp³-hybridized carbons (Fsp3) is 0.467. The first kappa shape index (κ1) is 15.7. The molecule has 6 heteroatoms. The molecular formula is C15H20N2O3S. The van der Waals surface area contributed by atoms with Crippen molar-refractivity contribution in [1.29, 1.82) is 0 Å². The van der Waals surface area contributed by atoms with Gasteiger partial charge in [-0.25, -0.2) is 4.79 Å². The molecule has 114 valence electrons. The van der Waals surface area contributed by atoms with Gasteiger partial charge < -0.3 is 10.0 Å². The highest BCUT2D eigenvalue weighted by Crippen LogP contribution is 2.20. The van der Waals surface area contributed by atoms with E-state index in [9.17, 15) is 9.59 Å². The van der Waals surface area contributed by atoms with E-state index in [1.165, 1.54) is 17.4 Å². The lowest BCUT2D eigenvalue weighted by atomic mass is 10.2. The summed E-state index contributed by atoms with van der Waals surface area (Å²) in [6.07, 6.45) is 2.60. The lowest BCUT2D eigenvalue weighted by Gasteiger charge is -2.36. The topological polar surface area (TPSA) is 60.9 Å². The highest BCUT2D eigenvalue weighted by Gasteiger charge is 2.23. The summed E-state index contributed by atoms with van der Waals surface area (Å²) in [4.78, 5) is 28.6. The van der Waals surface area contributed by atoms with Crippen molar-refractivity contribution < 1.29 is 14.7 Å². The normalized spacial score (nSPS) is 16.8. The zero-order valence-corrected chi connectivity index (χ0v) is 13.1. The molecule has 2 heterocycles. The Labute approximate surface area is 128 Å². The smallest absolute Gasteiger partial charge is 0.328 e. The van der Waals surface area contributed by atoms with E-state index in [0.29, 0.717) is 10.9 Å². The van der Waals surface area contributed by atoms with Crippen LogP contribution in [0.15, 0.2) is 18.2 Å². The minimum Gasteiger partial charge on any atom is -0.478 e. The minimum atomic E-state index is -0.985. The van der Waals surface area contributed by atoms with Crippen LogP contribution in [-0.2, 0) is 4.79 Å². The van der Waals surface area contributed by atoms with Crippen LogP contribution in [0.1, 0.15) is 28.4 Å². The number of amides is 1. The maximum absolute atomic E-state index is 12.4. The van der Waals surface area contributed by atoms with E-state index in [0.717, 1.165) is 37.1 Å². The van der Waals surface area contributed by atoms with Gasteiger partial charge in [-0.2, -0.15) is 0 Å². The SMILES string of the molecule is CC(C)N1CCN(C(=O)c2ccc(C=CC(=O)O)s2)CC1. The molecule has 0 radical (unpaired) electrons. The van der Waals surface area contributed by atoms with Crippen LogP contribution in [0, 0.1) is 0 Å². The number of rotatable bonds is 4. The van der Waals surface area contributed by atoms with Crippen molar-refractivity contribution in [3.05, 3.63) is 28.0 Å². The van der Waals surface area contributed by atoms with Gasteiger partial charge in [0, 0.05) is 43.2 Å². The molecule has 0 spiro atoms. The van der Waals surface area contributed by atoms with E-state index < -0.39 is 5.97 Å². The number of carboxylic acids is 1. The zero-order valence-electron chi connectivity index (χ0n) is 12.3. The predicted molar refractivity (Wildman–Crippen MR) is 83.6 cm³/mol. The van der Waals surface area contributed by atoms with Gasteiger partial charge in [-0.1, -0.05) is 0 Å². The molecule has 5 nitrogen and oxygen atoms in total. The molecule has 0 unspecified atom stereocenters. The number of thiophene rings is 1. The summed E-state index contributed by atoms with van der Waals surface area (Å²) < 4.78 is 0. The van der Waals surface area contributed by atoms with Crippen LogP contribution >= 0.6 is 11.3 Å². The summed E-state index contributed by atoms with van der Waals surface area (Å²) in [5, 5.41) is 8.60. The standard InChI is InChI=1S/C15H20N2O3S/c1-11(2)16-7-9-17(10-8-16)15(20)13-5-3-12(21-13)4-6-14(18)19/h3-6,11H,7-10H2,1-2H3,(H,18,19). The second-order valence-electron chi connectivity index (χ2n) is 5.30. The molecule has 0 bridgehead atoms. The molecule has 1 saturated heterocycles. The molecule has 1 aromatic rings. The summed E-state index contributed by atoms with van der Waals surface area (Å²) in [5.41, 5.74) is 0. The Balaban J connectivity index is 1.96. The Morgan fingerprint density at radius 2 is 1.90 bits per heavy atom. The molecule has 1 aromatic heterocycles. The van der Waals surface area contributed by atoms with Gasteiger partial charge in [-0.05, 0) is 32.1 Å². The largest absolute Gasteiger partial charge is 0.478 e. The van der Waals surface area contributed by atoms with Crippen molar-refractivity contribution in [3.63, 3.8) is 0 Å². The number of hydrogen-bond acceptors (Lipinski definition) is 4. The maximum Gasteiger partial charge on any atom is 0.328 e. The lowest BCUT2D eigenvalue weighted by Crippen LogP contribution is -2.50. The van der Waals surface area contributed by atoms with Crippen LogP contribution in [-0.4, -0.2) is 59.0 Å². The van der Waals surface area contributed by atoms with Crippen LogP contribution in [0.3, 0.4) is 0 Å².